The van der Waals surface area contributed by atoms with Crippen molar-refractivity contribution in [3.63, 3.8) is 0 Å². The molecule has 3 rings (SSSR count). The van der Waals surface area contributed by atoms with Crippen molar-refractivity contribution in [3.05, 3.63) is 63.8 Å². The second-order valence-electron chi connectivity index (χ2n) is 5.54. The fourth-order valence-electron chi connectivity index (χ4n) is 2.56. The van der Waals surface area contributed by atoms with Crippen LogP contribution in [0.25, 0.3) is 6.08 Å². The largest absolute Gasteiger partial charge is 0.416 e. The Morgan fingerprint density at radius 3 is 2.36 bits per heavy atom. The van der Waals surface area contributed by atoms with Crippen LogP contribution >= 0.6 is 24.0 Å². The predicted octanol–water partition coefficient (Wildman–Crippen LogP) is 4.66. The molecule has 1 aromatic carbocycles. The predicted molar refractivity (Wildman–Crippen MR) is 96.7 cm³/mol. The Balaban J connectivity index is 1.97. The quantitative estimate of drug-likeness (QED) is 0.558. The zero-order valence-corrected chi connectivity index (χ0v) is 14.9. The van der Waals surface area contributed by atoms with E-state index < -0.39 is 11.7 Å². The molecular formula is C17H13F3N2OS2. The zero-order valence-electron chi connectivity index (χ0n) is 13.3. The second-order valence-corrected chi connectivity index (χ2v) is 7.22. The number of carbonyl (C=O) groups excluding carboxylic acids is 1. The summed E-state index contributed by atoms with van der Waals surface area (Å²) in [5, 5.41) is 1.37. The van der Waals surface area contributed by atoms with Crippen LogP contribution in [-0.4, -0.2) is 14.9 Å². The molecule has 0 aliphatic carbocycles. The van der Waals surface area contributed by atoms with Crippen molar-refractivity contribution >= 4 is 40.3 Å². The van der Waals surface area contributed by atoms with Gasteiger partial charge in [0.05, 0.1) is 10.5 Å². The highest BCUT2D eigenvalue weighted by atomic mass is 32.2. The van der Waals surface area contributed by atoms with Crippen LogP contribution < -0.4 is 5.01 Å². The summed E-state index contributed by atoms with van der Waals surface area (Å²) in [6.07, 6.45) is -3.00. The van der Waals surface area contributed by atoms with E-state index in [1.165, 1.54) is 23.2 Å². The van der Waals surface area contributed by atoms with E-state index in [1.807, 2.05) is 26.0 Å². The van der Waals surface area contributed by atoms with E-state index in [2.05, 4.69) is 0 Å². The number of aromatic nitrogens is 1. The lowest BCUT2D eigenvalue weighted by molar-refractivity contribution is -0.137. The van der Waals surface area contributed by atoms with Gasteiger partial charge in [-0.15, -0.1) is 0 Å². The van der Waals surface area contributed by atoms with E-state index in [0.29, 0.717) is 9.88 Å². The minimum atomic E-state index is -4.43. The SMILES string of the molecule is Cc1ccc(C)n1N1C(=O)/C(=C\c2cccc(C(F)(F)F)c2)SC1=S. The maximum atomic E-state index is 12.8. The molecule has 0 bridgehead atoms. The van der Waals surface area contributed by atoms with E-state index in [0.717, 1.165) is 35.3 Å². The van der Waals surface area contributed by atoms with Crippen molar-refractivity contribution < 1.29 is 18.0 Å². The molecule has 1 aliphatic rings. The van der Waals surface area contributed by atoms with Gasteiger partial charge in [-0.05, 0) is 62.0 Å². The van der Waals surface area contributed by atoms with Gasteiger partial charge in [0.1, 0.15) is 0 Å². The van der Waals surface area contributed by atoms with Gasteiger partial charge in [0.2, 0.25) is 0 Å². The van der Waals surface area contributed by atoms with Crippen LogP contribution in [0.2, 0.25) is 0 Å². The molecule has 0 spiro atoms. The van der Waals surface area contributed by atoms with Gasteiger partial charge in [0.25, 0.3) is 5.91 Å². The van der Waals surface area contributed by atoms with E-state index in [4.69, 9.17) is 12.2 Å². The Kier molecular flexibility index (Phi) is 4.51. The minimum absolute atomic E-state index is 0.289. The number of amides is 1. The number of aryl methyl sites for hydroxylation is 2. The number of hydrogen-bond donors (Lipinski definition) is 0. The molecule has 1 aliphatic heterocycles. The van der Waals surface area contributed by atoms with Gasteiger partial charge in [-0.1, -0.05) is 23.9 Å². The summed E-state index contributed by atoms with van der Waals surface area (Å²) in [5.41, 5.74) is 1.23. The fraction of sp³-hybridized carbons (Fsp3) is 0.176. The highest BCUT2D eigenvalue weighted by Gasteiger charge is 2.35. The maximum Gasteiger partial charge on any atom is 0.416 e. The molecule has 0 atom stereocenters. The average molecular weight is 382 g/mol. The van der Waals surface area contributed by atoms with Crippen LogP contribution in [-0.2, 0) is 11.0 Å². The molecule has 1 aromatic heterocycles. The first-order valence-corrected chi connectivity index (χ1v) is 8.51. The summed E-state index contributed by atoms with van der Waals surface area (Å²) in [5.74, 6) is -0.352. The number of hydrogen-bond acceptors (Lipinski definition) is 3. The molecule has 130 valence electrons. The number of thioether (sulfide) groups is 1. The third-order valence-electron chi connectivity index (χ3n) is 3.72. The van der Waals surface area contributed by atoms with Crippen molar-refractivity contribution in [1.82, 2.24) is 4.68 Å². The number of nitrogens with zero attached hydrogens (tertiary/aromatic N) is 2. The van der Waals surface area contributed by atoms with Crippen molar-refractivity contribution in [3.8, 4) is 0 Å². The van der Waals surface area contributed by atoms with E-state index in [-0.39, 0.29) is 10.8 Å². The first-order valence-electron chi connectivity index (χ1n) is 7.29. The van der Waals surface area contributed by atoms with Crippen molar-refractivity contribution in [2.75, 3.05) is 5.01 Å². The van der Waals surface area contributed by atoms with Gasteiger partial charge in [-0.2, -0.15) is 18.2 Å². The van der Waals surface area contributed by atoms with Crippen LogP contribution in [0, 0.1) is 13.8 Å². The lowest BCUT2D eigenvalue weighted by atomic mass is 10.1. The first kappa shape index (κ1) is 17.8. The van der Waals surface area contributed by atoms with Gasteiger partial charge in [-0.25, -0.2) is 0 Å². The Bertz CT molecular complexity index is 880. The highest BCUT2D eigenvalue weighted by molar-refractivity contribution is 8.27. The lowest BCUT2D eigenvalue weighted by Crippen LogP contribution is -2.39. The van der Waals surface area contributed by atoms with Gasteiger partial charge < -0.3 is 0 Å². The van der Waals surface area contributed by atoms with Crippen LogP contribution in [0.5, 0.6) is 0 Å². The molecule has 25 heavy (non-hydrogen) atoms. The summed E-state index contributed by atoms with van der Waals surface area (Å²) in [4.78, 5) is 13.0. The van der Waals surface area contributed by atoms with Gasteiger partial charge in [-0.3, -0.25) is 9.47 Å². The molecule has 1 amide bonds. The third kappa shape index (κ3) is 3.36. The van der Waals surface area contributed by atoms with Crippen LogP contribution in [0.15, 0.2) is 41.3 Å². The topological polar surface area (TPSA) is 25.2 Å². The van der Waals surface area contributed by atoms with E-state index in [9.17, 15) is 18.0 Å². The van der Waals surface area contributed by atoms with E-state index >= 15 is 0 Å². The number of alkyl halides is 3. The van der Waals surface area contributed by atoms with Crippen molar-refractivity contribution in [2.45, 2.75) is 20.0 Å². The Morgan fingerprint density at radius 2 is 1.76 bits per heavy atom. The minimum Gasteiger partial charge on any atom is -0.266 e. The molecule has 0 saturated carbocycles. The highest BCUT2D eigenvalue weighted by Crippen LogP contribution is 2.34. The maximum absolute atomic E-state index is 12.8. The lowest BCUT2D eigenvalue weighted by Gasteiger charge is -2.20. The number of benzene rings is 1. The van der Waals surface area contributed by atoms with Gasteiger partial charge >= 0.3 is 6.18 Å². The van der Waals surface area contributed by atoms with Gasteiger partial charge in [0.15, 0.2) is 4.32 Å². The summed E-state index contributed by atoms with van der Waals surface area (Å²) in [7, 11) is 0. The summed E-state index contributed by atoms with van der Waals surface area (Å²) < 4.78 is 40.5. The summed E-state index contributed by atoms with van der Waals surface area (Å²) in [6.45, 7) is 3.70. The molecule has 8 heteroatoms. The second kappa shape index (κ2) is 6.34. The normalized spacial score (nSPS) is 17.0. The summed E-state index contributed by atoms with van der Waals surface area (Å²) >= 11 is 6.36. The fourth-order valence-corrected chi connectivity index (χ4v) is 3.81. The Labute approximate surface area is 152 Å². The molecule has 2 heterocycles. The molecule has 0 radical (unpaired) electrons. The molecular weight excluding hydrogens is 369 g/mol. The molecule has 1 saturated heterocycles. The monoisotopic (exact) mass is 382 g/mol. The standard InChI is InChI=1S/C17H13F3N2OS2/c1-10-6-7-11(2)21(10)22-15(23)14(25-16(22)24)9-12-4-3-5-13(8-12)17(18,19)20/h3-9H,1-2H3/b14-9+. The summed E-state index contributed by atoms with van der Waals surface area (Å²) in [6, 6.07) is 8.58. The van der Waals surface area contributed by atoms with Crippen LogP contribution in [0.3, 0.4) is 0 Å². The van der Waals surface area contributed by atoms with E-state index in [1.54, 1.807) is 4.68 Å². The zero-order chi connectivity index (χ0) is 18.4. The first-order chi connectivity index (χ1) is 11.7. The molecule has 0 N–H and O–H groups in total. The van der Waals surface area contributed by atoms with Crippen LogP contribution in [0.1, 0.15) is 22.5 Å². The number of thiocarbonyl (C=S) groups is 1. The van der Waals surface area contributed by atoms with Crippen molar-refractivity contribution in [1.29, 1.82) is 0 Å². The Hall–Kier alpha value is -2.06. The Morgan fingerprint density at radius 1 is 1.12 bits per heavy atom. The number of rotatable bonds is 2. The number of carbonyl (C=O) groups is 1. The number of halogens is 3. The smallest absolute Gasteiger partial charge is 0.266 e. The third-order valence-corrected chi connectivity index (χ3v) is 5.00. The van der Waals surface area contributed by atoms with Gasteiger partial charge in [0, 0.05) is 11.4 Å². The molecule has 1 fully saturated rings. The molecule has 3 nitrogen and oxygen atoms in total. The molecule has 0 unspecified atom stereocenters. The average Bonchev–Trinajstić information content (AvgIpc) is 2.99. The van der Waals surface area contributed by atoms with Crippen molar-refractivity contribution in [2.24, 2.45) is 0 Å². The van der Waals surface area contributed by atoms with Crippen LogP contribution in [0.4, 0.5) is 13.2 Å². The molecule has 2 aromatic rings.